The number of sulfonamides is 1. The molecule has 2 N–H and O–H groups in total. The van der Waals surface area contributed by atoms with Crippen LogP contribution in [-0.4, -0.2) is 31.2 Å². The Morgan fingerprint density at radius 3 is 2.70 bits per heavy atom. The third-order valence-electron chi connectivity index (χ3n) is 3.53. The number of amides is 1. The summed E-state index contributed by atoms with van der Waals surface area (Å²) in [7, 11) is -3.75. The first-order chi connectivity index (χ1) is 9.34. The molecular formula is C13H17ClN2O3S. The van der Waals surface area contributed by atoms with Gasteiger partial charge in [-0.3, -0.25) is 4.79 Å². The molecule has 5 nitrogen and oxygen atoms in total. The van der Waals surface area contributed by atoms with Crippen molar-refractivity contribution in [3.63, 3.8) is 0 Å². The molecule has 1 atom stereocenters. The Kier molecular flexibility index (Phi) is 4.36. The van der Waals surface area contributed by atoms with Crippen LogP contribution < -0.4 is 5.73 Å². The summed E-state index contributed by atoms with van der Waals surface area (Å²) in [5.74, 6) is -0.605. The van der Waals surface area contributed by atoms with Gasteiger partial charge in [0.05, 0.1) is 4.90 Å². The van der Waals surface area contributed by atoms with Crippen LogP contribution in [0, 0.1) is 6.92 Å². The lowest BCUT2D eigenvalue weighted by Gasteiger charge is -2.32. The number of aryl methyl sites for hydroxylation is 1. The zero-order chi connectivity index (χ0) is 14.9. The van der Waals surface area contributed by atoms with Gasteiger partial charge in [0.15, 0.2) is 0 Å². The van der Waals surface area contributed by atoms with E-state index in [0.717, 1.165) is 18.4 Å². The number of hydrogen-bond acceptors (Lipinski definition) is 3. The fourth-order valence-corrected chi connectivity index (χ4v) is 4.28. The maximum atomic E-state index is 12.6. The minimum absolute atomic E-state index is 0.0984. The third kappa shape index (κ3) is 2.82. The van der Waals surface area contributed by atoms with E-state index in [1.54, 1.807) is 13.0 Å². The normalized spacial score (nSPS) is 20.8. The minimum atomic E-state index is -3.75. The van der Waals surface area contributed by atoms with Gasteiger partial charge in [-0.05, 0) is 37.5 Å². The number of rotatable bonds is 3. The summed E-state index contributed by atoms with van der Waals surface area (Å²) in [6.07, 6.45) is 1.99. The number of primary amides is 1. The van der Waals surface area contributed by atoms with Gasteiger partial charge in [-0.15, -0.1) is 0 Å². The molecule has 1 aliphatic rings. The van der Waals surface area contributed by atoms with Crippen molar-refractivity contribution in [3.8, 4) is 0 Å². The molecule has 7 heteroatoms. The highest BCUT2D eigenvalue weighted by Gasteiger charge is 2.36. The number of carbonyl (C=O) groups excluding carboxylic acids is 1. The number of halogens is 1. The molecule has 0 saturated carbocycles. The molecule has 20 heavy (non-hydrogen) atoms. The van der Waals surface area contributed by atoms with Crippen molar-refractivity contribution in [2.24, 2.45) is 5.73 Å². The molecule has 1 aromatic carbocycles. The average molecular weight is 317 g/mol. The van der Waals surface area contributed by atoms with E-state index >= 15 is 0 Å². The van der Waals surface area contributed by atoms with E-state index in [2.05, 4.69) is 0 Å². The van der Waals surface area contributed by atoms with Gasteiger partial charge in [-0.25, -0.2) is 8.42 Å². The van der Waals surface area contributed by atoms with Crippen molar-refractivity contribution in [3.05, 3.63) is 28.8 Å². The number of hydrogen-bond donors (Lipinski definition) is 1. The second kappa shape index (κ2) is 5.71. The Morgan fingerprint density at radius 2 is 2.10 bits per heavy atom. The van der Waals surface area contributed by atoms with Gasteiger partial charge in [-0.2, -0.15) is 4.31 Å². The molecule has 1 saturated heterocycles. The van der Waals surface area contributed by atoms with Crippen LogP contribution in [0.15, 0.2) is 23.1 Å². The molecule has 110 valence electrons. The van der Waals surface area contributed by atoms with Crippen molar-refractivity contribution in [1.82, 2.24) is 4.31 Å². The maximum Gasteiger partial charge on any atom is 0.243 e. The molecule has 1 aromatic rings. The van der Waals surface area contributed by atoms with Crippen LogP contribution in [0.3, 0.4) is 0 Å². The molecule has 0 unspecified atom stereocenters. The molecular weight excluding hydrogens is 300 g/mol. The predicted octanol–water partition coefficient (Wildman–Crippen LogP) is 1.68. The summed E-state index contributed by atoms with van der Waals surface area (Å²) in [5, 5.41) is 0.388. The monoisotopic (exact) mass is 316 g/mol. The molecule has 0 aromatic heterocycles. The van der Waals surface area contributed by atoms with E-state index in [-0.39, 0.29) is 4.90 Å². The summed E-state index contributed by atoms with van der Waals surface area (Å²) in [6, 6.07) is 3.80. The summed E-state index contributed by atoms with van der Waals surface area (Å²) in [5.41, 5.74) is 6.12. The smallest absolute Gasteiger partial charge is 0.243 e. The Morgan fingerprint density at radius 1 is 1.40 bits per heavy atom. The van der Waals surface area contributed by atoms with Crippen molar-refractivity contribution in [1.29, 1.82) is 0 Å². The van der Waals surface area contributed by atoms with Gasteiger partial charge < -0.3 is 5.73 Å². The lowest BCUT2D eigenvalue weighted by molar-refractivity contribution is -0.122. The van der Waals surface area contributed by atoms with Crippen LogP contribution in [0.4, 0.5) is 0 Å². The van der Waals surface area contributed by atoms with Gasteiger partial charge in [0.2, 0.25) is 15.9 Å². The minimum Gasteiger partial charge on any atom is -0.368 e. The highest BCUT2D eigenvalue weighted by atomic mass is 35.5. The highest BCUT2D eigenvalue weighted by molar-refractivity contribution is 7.89. The van der Waals surface area contributed by atoms with Crippen molar-refractivity contribution in [2.45, 2.75) is 37.1 Å². The van der Waals surface area contributed by atoms with Gasteiger partial charge in [0.1, 0.15) is 6.04 Å². The predicted molar refractivity (Wildman–Crippen MR) is 76.9 cm³/mol. The quantitative estimate of drug-likeness (QED) is 0.921. The molecule has 0 spiro atoms. The first-order valence-electron chi connectivity index (χ1n) is 6.41. The molecule has 0 aliphatic carbocycles. The number of benzene rings is 1. The molecule has 1 amide bonds. The fourth-order valence-electron chi connectivity index (χ4n) is 2.35. The van der Waals surface area contributed by atoms with E-state index in [1.165, 1.54) is 16.4 Å². The zero-order valence-corrected chi connectivity index (χ0v) is 12.7. The topological polar surface area (TPSA) is 80.5 Å². The van der Waals surface area contributed by atoms with E-state index in [9.17, 15) is 13.2 Å². The second-order valence-corrected chi connectivity index (χ2v) is 7.24. The molecule has 1 fully saturated rings. The van der Waals surface area contributed by atoms with Gasteiger partial charge >= 0.3 is 0 Å². The molecule has 0 bridgehead atoms. The largest absolute Gasteiger partial charge is 0.368 e. The van der Waals surface area contributed by atoms with Gasteiger partial charge in [-0.1, -0.05) is 24.1 Å². The number of nitrogens with zero attached hydrogens (tertiary/aromatic N) is 1. The van der Waals surface area contributed by atoms with Gasteiger partial charge in [0, 0.05) is 11.6 Å². The van der Waals surface area contributed by atoms with Crippen LogP contribution >= 0.6 is 11.6 Å². The summed E-state index contributed by atoms with van der Waals surface area (Å²) >= 11 is 5.98. The summed E-state index contributed by atoms with van der Waals surface area (Å²) in [4.78, 5) is 11.6. The van der Waals surface area contributed by atoms with E-state index < -0.39 is 22.0 Å². The van der Waals surface area contributed by atoms with E-state index in [1.807, 2.05) is 0 Å². The standard InChI is InChI=1S/C13H17ClN2O3S/c1-9-5-6-10(8-11(9)14)20(18,19)16-7-3-2-4-12(16)13(15)17/h5-6,8,12H,2-4,7H2,1H3,(H2,15,17)/t12-/m1/s1. The SMILES string of the molecule is Cc1ccc(S(=O)(=O)N2CCCC[C@@H]2C(N)=O)cc1Cl. The van der Waals surface area contributed by atoms with Crippen LogP contribution in [-0.2, 0) is 14.8 Å². The van der Waals surface area contributed by atoms with Crippen LogP contribution in [0.5, 0.6) is 0 Å². The second-order valence-electron chi connectivity index (χ2n) is 4.94. The fraction of sp³-hybridized carbons (Fsp3) is 0.462. The molecule has 1 aliphatic heterocycles. The van der Waals surface area contributed by atoms with Crippen molar-refractivity contribution >= 4 is 27.5 Å². The maximum absolute atomic E-state index is 12.6. The molecule has 0 radical (unpaired) electrons. The van der Waals surface area contributed by atoms with Crippen LogP contribution in [0.2, 0.25) is 5.02 Å². The van der Waals surface area contributed by atoms with Crippen LogP contribution in [0.1, 0.15) is 24.8 Å². The van der Waals surface area contributed by atoms with Crippen molar-refractivity contribution in [2.75, 3.05) is 6.54 Å². The Bertz CT molecular complexity index is 631. The summed E-state index contributed by atoms with van der Waals surface area (Å²) in [6.45, 7) is 2.10. The van der Waals surface area contributed by atoms with Crippen molar-refractivity contribution < 1.29 is 13.2 Å². The van der Waals surface area contributed by atoms with Gasteiger partial charge in [0.25, 0.3) is 0 Å². The average Bonchev–Trinajstić information content (AvgIpc) is 2.41. The van der Waals surface area contributed by atoms with E-state index in [0.29, 0.717) is 18.0 Å². The first kappa shape index (κ1) is 15.3. The number of nitrogens with two attached hydrogens (primary N) is 1. The zero-order valence-electron chi connectivity index (χ0n) is 11.2. The van der Waals surface area contributed by atoms with Crippen LogP contribution in [0.25, 0.3) is 0 Å². The lowest BCUT2D eigenvalue weighted by atomic mass is 10.0. The first-order valence-corrected chi connectivity index (χ1v) is 8.23. The lowest BCUT2D eigenvalue weighted by Crippen LogP contribution is -2.50. The Balaban J connectivity index is 2.42. The number of carbonyl (C=O) groups is 1. The van der Waals surface area contributed by atoms with E-state index in [4.69, 9.17) is 17.3 Å². The Hall–Kier alpha value is -1.11. The molecule has 2 rings (SSSR count). The number of piperidine rings is 1. The third-order valence-corrected chi connectivity index (χ3v) is 5.84. The Labute approximate surface area is 123 Å². The molecule has 1 heterocycles. The highest BCUT2D eigenvalue weighted by Crippen LogP contribution is 2.27. The summed E-state index contributed by atoms with van der Waals surface area (Å²) < 4.78 is 26.4.